The Morgan fingerprint density at radius 2 is 2.05 bits per heavy atom. The smallest absolute Gasteiger partial charge is 0.325 e. The summed E-state index contributed by atoms with van der Waals surface area (Å²) in [5.74, 6) is -1.40. The number of hydrogen-bond donors (Lipinski definition) is 6. The van der Waals surface area contributed by atoms with Gasteiger partial charge < -0.3 is 30.1 Å². The number of carbonyl (C=O) groups is 1. The Hall–Kier alpha value is -2.01. The number of aliphatic hydroxyl groups is 3. The van der Waals surface area contributed by atoms with Gasteiger partial charge >= 0.3 is 11.7 Å². The average Bonchev–Trinajstić information content (AvgIpc) is 2.63. The second-order valence-electron chi connectivity index (χ2n) is 4.72. The predicted molar refractivity (Wildman–Crippen MR) is 65.6 cm³/mol. The van der Waals surface area contributed by atoms with Gasteiger partial charge in [0.15, 0.2) is 0 Å². The molecule has 1 aromatic heterocycles. The summed E-state index contributed by atoms with van der Waals surface area (Å²) in [5, 5.41) is 38.0. The molecule has 1 aliphatic rings. The maximum atomic E-state index is 11.9. The van der Waals surface area contributed by atoms with Crippen LogP contribution in [0.2, 0.25) is 0 Å². The summed E-state index contributed by atoms with van der Waals surface area (Å²) in [5.41, 5.74) is -4.20. The first-order valence-corrected chi connectivity index (χ1v) is 6.01. The van der Waals surface area contributed by atoms with Crippen LogP contribution in [-0.2, 0) is 15.1 Å². The van der Waals surface area contributed by atoms with Gasteiger partial charge in [-0.1, -0.05) is 0 Å². The molecule has 116 valence electrons. The van der Waals surface area contributed by atoms with E-state index in [1.54, 1.807) is 0 Å². The SMILES string of the molecule is O=C(O)C[C@@]1(c2c[nH]c(=O)[nH]c2=O)O[C@H](CO)[C@@H](O)[C@H]1O. The molecule has 10 nitrogen and oxygen atoms in total. The number of H-pyrrole nitrogens is 2. The van der Waals surface area contributed by atoms with Crippen molar-refractivity contribution in [3.8, 4) is 0 Å². The van der Waals surface area contributed by atoms with Crippen LogP contribution in [0.4, 0.5) is 0 Å². The first-order valence-electron chi connectivity index (χ1n) is 6.01. The number of aromatic amines is 2. The molecule has 1 fully saturated rings. The molecule has 4 atom stereocenters. The molecule has 0 unspecified atom stereocenters. The van der Waals surface area contributed by atoms with Gasteiger partial charge in [-0.15, -0.1) is 0 Å². The summed E-state index contributed by atoms with van der Waals surface area (Å²) < 4.78 is 5.27. The monoisotopic (exact) mass is 302 g/mol. The molecule has 21 heavy (non-hydrogen) atoms. The van der Waals surface area contributed by atoms with E-state index in [1.165, 1.54) is 0 Å². The van der Waals surface area contributed by atoms with Gasteiger partial charge in [0.1, 0.15) is 23.9 Å². The van der Waals surface area contributed by atoms with E-state index < -0.39 is 54.2 Å². The van der Waals surface area contributed by atoms with E-state index in [0.717, 1.165) is 6.20 Å². The quantitative estimate of drug-likeness (QED) is 0.338. The maximum absolute atomic E-state index is 11.9. The normalized spacial score (nSPS) is 32.2. The second-order valence-corrected chi connectivity index (χ2v) is 4.72. The predicted octanol–water partition coefficient (Wildman–Crippen LogP) is -3.15. The van der Waals surface area contributed by atoms with Crippen molar-refractivity contribution in [1.29, 1.82) is 0 Å². The topological polar surface area (TPSA) is 173 Å². The molecule has 2 rings (SSSR count). The molecule has 0 spiro atoms. The Balaban J connectivity index is 2.60. The lowest BCUT2D eigenvalue weighted by molar-refractivity contribution is -0.153. The summed E-state index contributed by atoms with van der Waals surface area (Å²) >= 11 is 0. The molecule has 0 aliphatic carbocycles. The molecule has 1 aromatic rings. The molecule has 10 heteroatoms. The van der Waals surface area contributed by atoms with E-state index in [2.05, 4.69) is 4.98 Å². The number of carboxylic acids is 1. The van der Waals surface area contributed by atoms with Gasteiger partial charge in [-0.25, -0.2) is 4.79 Å². The number of rotatable bonds is 4. The van der Waals surface area contributed by atoms with E-state index in [4.69, 9.17) is 14.9 Å². The molecule has 1 aliphatic heterocycles. The van der Waals surface area contributed by atoms with Crippen molar-refractivity contribution in [3.63, 3.8) is 0 Å². The zero-order valence-electron chi connectivity index (χ0n) is 10.6. The Bertz CT molecular complexity index is 652. The van der Waals surface area contributed by atoms with Gasteiger partial charge in [-0.3, -0.25) is 14.6 Å². The van der Waals surface area contributed by atoms with Gasteiger partial charge in [0, 0.05) is 6.20 Å². The Morgan fingerprint density at radius 3 is 2.52 bits per heavy atom. The van der Waals surface area contributed by atoms with Crippen LogP contribution in [0.25, 0.3) is 0 Å². The van der Waals surface area contributed by atoms with Gasteiger partial charge in [0.25, 0.3) is 5.56 Å². The molecule has 0 bridgehead atoms. The van der Waals surface area contributed by atoms with Crippen LogP contribution in [0.5, 0.6) is 0 Å². The van der Waals surface area contributed by atoms with Crippen LogP contribution >= 0.6 is 0 Å². The highest BCUT2D eigenvalue weighted by Gasteiger charge is 2.57. The molecule has 6 N–H and O–H groups in total. The van der Waals surface area contributed by atoms with Crippen LogP contribution in [0.15, 0.2) is 15.8 Å². The number of aliphatic hydroxyl groups excluding tert-OH is 3. The highest BCUT2D eigenvalue weighted by molar-refractivity contribution is 5.69. The van der Waals surface area contributed by atoms with Crippen molar-refractivity contribution in [3.05, 3.63) is 32.6 Å². The minimum absolute atomic E-state index is 0.355. The molecule has 1 saturated heterocycles. The molecule has 0 saturated carbocycles. The highest BCUT2D eigenvalue weighted by Crippen LogP contribution is 2.41. The van der Waals surface area contributed by atoms with E-state index in [9.17, 15) is 24.6 Å². The van der Waals surface area contributed by atoms with Crippen LogP contribution < -0.4 is 11.2 Å². The highest BCUT2D eigenvalue weighted by atomic mass is 16.6. The number of carboxylic acid groups (broad SMARTS) is 1. The Morgan fingerprint density at radius 1 is 1.38 bits per heavy atom. The van der Waals surface area contributed by atoms with E-state index >= 15 is 0 Å². The largest absolute Gasteiger partial charge is 0.481 e. The minimum Gasteiger partial charge on any atom is -0.481 e. The molecule has 0 amide bonds. The third kappa shape index (κ3) is 2.49. The van der Waals surface area contributed by atoms with Crippen molar-refractivity contribution < 1.29 is 30.0 Å². The van der Waals surface area contributed by atoms with Crippen LogP contribution in [0.3, 0.4) is 0 Å². The van der Waals surface area contributed by atoms with Gasteiger partial charge in [0.2, 0.25) is 0 Å². The van der Waals surface area contributed by atoms with Crippen LogP contribution in [0.1, 0.15) is 12.0 Å². The van der Waals surface area contributed by atoms with E-state index in [0.29, 0.717) is 0 Å². The number of ether oxygens (including phenoxy) is 1. The molecule has 0 aromatic carbocycles. The second kappa shape index (κ2) is 5.41. The number of hydrogen-bond acceptors (Lipinski definition) is 7. The molecule has 0 radical (unpaired) electrons. The fourth-order valence-corrected chi connectivity index (χ4v) is 2.45. The fraction of sp³-hybridized carbons (Fsp3) is 0.545. The Labute approximate surface area is 116 Å². The number of nitrogens with one attached hydrogen (secondary N) is 2. The summed E-state index contributed by atoms with van der Waals surface area (Å²) in [6.07, 6.45) is -4.53. The van der Waals surface area contributed by atoms with Crippen molar-refractivity contribution in [1.82, 2.24) is 9.97 Å². The molecular formula is C11H14N2O8. The summed E-state index contributed by atoms with van der Waals surface area (Å²) in [6.45, 7) is -0.680. The third-order valence-electron chi connectivity index (χ3n) is 3.41. The van der Waals surface area contributed by atoms with Gasteiger partial charge in [-0.05, 0) is 0 Å². The number of aromatic nitrogens is 2. The zero-order chi connectivity index (χ0) is 15.8. The van der Waals surface area contributed by atoms with Crippen molar-refractivity contribution >= 4 is 5.97 Å². The van der Waals surface area contributed by atoms with Crippen molar-refractivity contribution in [2.24, 2.45) is 0 Å². The minimum atomic E-state index is -2.07. The standard InChI is InChI=1S/C11H14N2O8/c14-3-5-7(17)8(18)11(21-5,1-6(15)16)4-2-12-10(20)13-9(4)19/h2,5,7-8,14,17-18H,1,3H2,(H,15,16)(H2,12,13,19,20)/t5-,7-,8-,11+/m1/s1. The average molecular weight is 302 g/mol. The first kappa shape index (κ1) is 15.4. The van der Waals surface area contributed by atoms with Crippen molar-refractivity contribution in [2.75, 3.05) is 6.61 Å². The molecular weight excluding hydrogens is 288 g/mol. The van der Waals surface area contributed by atoms with Crippen molar-refractivity contribution in [2.45, 2.75) is 30.3 Å². The van der Waals surface area contributed by atoms with E-state index in [1.807, 2.05) is 4.98 Å². The van der Waals surface area contributed by atoms with Crippen LogP contribution in [-0.4, -0.2) is 61.3 Å². The number of aliphatic carboxylic acids is 1. The van der Waals surface area contributed by atoms with Crippen LogP contribution in [0, 0.1) is 0 Å². The summed E-state index contributed by atoms with van der Waals surface area (Å²) in [4.78, 5) is 38.0. The summed E-state index contributed by atoms with van der Waals surface area (Å²) in [6, 6.07) is 0. The fourth-order valence-electron chi connectivity index (χ4n) is 2.45. The van der Waals surface area contributed by atoms with Gasteiger partial charge in [0.05, 0.1) is 18.6 Å². The van der Waals surface area contributed by atoms with E-state index in [-0.39, 0.29) is 5.56 Å². The zero-order valence-corrected chi connectivity index (χ0v) is 10.6. The lowest BCUT2D eigenvalue weighted by Gasteiger charge is -2.29. The third-order valence-corrected chi connectivity index (χ3v) is 3.41. The summed E-state index contributed by atoms with van der Waals surface area (Å²) in [7, 11) is 0. The lowest BCUT2D eigenvalue weighted by atomic mass is 9.85. The maximum Gasteiger partial charge on any atom is 0.325 e. The Kier molecular flexibility index (Phi) is 3.96. The lowest BCUT2D eigenvalue weighted by Crippen LogP contribution is -2.46. The molecule has 2 heterocycles. The van der Waals surface area contributed by atoms with Gasteiger partial charge in [-0.2, -0.15) is 0 Å². The first-order chi connectivity index (χ1) is 9.81.